The van der Waals surface area contributed by atoms with Gasteiger partial charge < -0.3 is 15.4 Å². The van der Waals surface area contributed by atoms with Crippen molar-refractivity contribution in [2.75, 3.05) is 11.9 Å². The zero-order chi connectivity index (χ0) is 17.9. The van der Waals surface area contributed by atoms with Gasteiger partial charge in [-0.25, -0.2) is 18.0 Å². The summed E-state index contributed by atoms with van der Waals surface area (Å²) >= 11 is 0. The minimum atomic E-state index is -1.21. The summed E-state index contributed by atoms with van der Waals surface area (Å²) in [5.41, 5.74) is -0.606. The molecule has 2 rings (SSSR count). The van der Waals surface area contributed by atoms with Crippen LogP contribution in [0.4, 0.5) is 23.7 Å². The summed E-state index contributed by atoms with van der Waals surface area (Å²) in [5.74, 6) is -2.91. The molecule has 0 spiro atoms. The van der Waals surface area contributed by atoms with Crippen LogP contribution in [0.15, 0.2) is 12.1 Å². The molecule has 0 bridgehead atoms. The third kappa shape index (κ3) is 5.32. The standard InChI is InChI=1S/C17H23F3N2O2/c1-17(2,3)24-16(23)22-11-5-4-10(6-11)9-21-15-8-13(19)12(18)7-14(15)20/h7-8,10-11,21H,4-6,9H2,1-3H3,(H,22,23)/t10-,11+/m0/s1. The Morgan fingerprint density at radius 1 is 1.17 bits per heavy atom. The quantitative estimate of drug-likeness (QED) is 0.805. The molecule has 1 aliphatic rings. The zero-order valence-electron chi connectivity index (χ0n) is 14.1. The molecule has 0 saturated heterocycles. The molecular weight excluding hydrogens is 321 g/mol. The summed E-state index contributed by atoms with van der Waals surface area (Å²) in [6, 6.07) is 1.34. The molecule has 4 nitrogen and oxygen atoms in total. The van der Waals surface area contributed by atoms with E-state index in [0.29, 0.717) is 12.6 Å². The first-order chi connectivity index (χ1) is 11.1. The number of amides is 1. The van der Waals surface area contributed by atoms with Crippen molar-refractivity contribution in [2.24, 2.45) is 5.92 Å². The van der Waals surface area contributed by atoms with E-state index in [9.17, 15) is 18.0 Å². The highest BCUT2D eigenvalue weighted by molar-refractivity contribution is 5.68. The minimum absolute atomic E-state index is 0.00134. The fraction of sp³-hybridized carbons (Fsp3) is 0.588. The number of carbonyl (C=O) groups is 1. The van der Waals surface area contributed by atoms with Crippen molar-refractivity contribution in [1.29, 1.82) is 0 Å². The first kappa shape index (κ1) is 18.4. The fourth-order valence-electron chi connectivity index (χ4n) is 2.78. The average Bonchev–Trinajstić information content (AvgIpc) is 2.86. The van der Waals surface area contributed by atoms with Gasteiger partial charge in [-0.05, 0) is 46.0 Å². The Bertz CT molecular complexity index is 602. The molecule has 1 aromatic rings. The summed E-state index contributed by atoms with van der Waals surface area (Å²) in [6.45, 7) is 5.81. The first-order valence-corrected chi connectivity index (χ1v) is 8.02. The second kappa shape index (κ2) is 7.32. The number of anilines is 1. The molecule has 0 heterocycles. The van der Waals surface area contributed by atoms with Crippen LogP contribution in [0.1, 0.15) is 40.0 Å². The number of hydrogen-bond donors (Lipinski definition) is 2. The van der Waals surface area contributed by atoms with Crippen LogP contribution in [0, 0.1) is 23.4 Å². The van der Waals surface area contributed by atoms with Gasteiger partial charge in [0, 0.05) is 24.7 Å². The highest BCUT2D eigenvalue weighted by atomic mass is 19.2. The Labute approximate surface area is 139 Å². The van der Waals surface area contributed by atoms with E-state index in [-0.39, 0.29) is 17.6 Å². The summed E-state index contributed by atoms with van der Waals surface area (Å²) in [6.07, 6.45) is 1.91. The van der Waals surface area contributed by atoms with E-state index in [2.05, 4.69) is 10.6 Å². The molecule has 1 fully saturated rings. The van der Waals surface area contributed by atoms with E-state index in [0.717, 1.165) is 25.3 Å². The summed E-state index contributed by atoms with van der Waals surface area (Å²) in [7, 11) is 0. The molecule has 1 aliphatic carbocycles. The monoisotopic (exact) mass is 344 g/mol. The van der Waals surface area contributed by atoms with E-state index in [1.54, 1.807) is 20.8 Å². The second-order valence-corrected chi connectivity index (χ2v) is 7.15. The summed E-state index contributed by atoms with van der Waals surface area (Å²) in [4.78, 5) is 11.7. The number of alkyl carbamates (subject to hydrolysis) is 1. The van der Waals surface area contributed by atoms with Gasteiger partial charge in [-0.2, -0.15) is 0 Å². The lowest BCUT2D eigenvalue weighted by molar-refractivity contribution is 0.0505. The molecule has 0 radical (unpaired) electrons. The molecular formula is C17H23F3N2O2. The van der Waals surface area contributed by atoms with E-state index in [4.69, 9.17) is 4.74 Å². The maximum Gasteiger partial charge on any atom is 0.407 e. The van der Waals surface area contributed by atoms with Crippen LogP contribution in [-0.4, -0.2) is 24.3 Å². The number of rotatable bonds is 4. The maximum absolute atomic E-state index is 13.6. The highest BCUT2D eigenvalue weighted by Crippen LogP contribution is 2.27. The predicted molar refractivity (Wildman–Crippen MR) is 85.3 cm³/mol. The molecule has 0 unspecified atom stereocenters. The Kier molecular flexibility index (Phi) is 5.62. The Hall–Kier alpha value is -1.92. The molecule has 0 aromatic heterocycles. The van der Waals surface area contributed by atoms with Gasteiger partial charge in [0.25, 0.3) is 0 Å². The minimum Gasteiger partial charge on any atom is -0.444 e. The molecule has 2 N–H and O–H groups in total. The number of hydrogen-bond acceptors (Lipinski definition) is 3. The highest BCUT2D eigenvalue weighted by Gasteiger charge is 2.27. The fourth-order valence-corrected chi connectivity index (χ4v) is 2.78. The Morgan fingerprint density at radius 3 is 2.50 bits per heavy atom. The SMILES string of the molecule is CC(C)(C)OC(=O)N[C@@H]1CC[C@H](CNc2cc(F)c(F)cc2F)C1. The van der Waals surface area contributed by atoms with E-state index in [1.807, 2.05) is 0 Å². The van der Waals surface area contributed by atoms with Gasteiger partial charge in [0.1, 0.15) is 11.4 Å². The van der Waals surface area contributed by atoms with Gasteiger partial charge >= 0.3 is 6.09 Å². The molecule has 1 amide bonds. The van der Waals surface area contributed by atoms with E-state index >= 15 is 0 Å². The summed E-state index contributed by atoms with van der Waals surface area (Å²) in [5, 5.41) is 5.63. The molecule has 0 aliphatic heterocycles. The Morgan fingerprint density at radius 2 is 1.83 bits per heavy atom. The lowest BCUT2D eigenvalue weighted by atomic mass is 10.1. The zero-order valence-corrected chi connectivity index (χ0v) is 14.1. The van der Waals surface area contributed by atoms with Gasteiger partial charge in [0.15, 0.2) is 11.6 Å². The van der Waals surface area contributed by atoms with Crippen molar-refractivity contribution in [3.05, 3.63) is 29.6 Å². The van der Waals surface area contributed by atoms with Crippen LogP contribution in [0.25, 0.3) is 0 Å². The van der Waals surface area contributed by atoms with Gasteiger partial charge in [-0.1, -0.05) is 0 Å². The van der Waals surface area contributed by atoms with Crippen LogP contribution < -0.4 is 10.6 Å². The molecule has 2 atom stereocenters. The number of nitrogens with one attached hydrogen (secondary N) is 2. The van der Waals surface area contributed by atoms with E-state index in [1.165, 1.54) is 0 Å². The van der Waals surface area contributed by atoms with E-state index < -0.39 is 29.1 Å². The van der Waals surface area contributed by atoms with Crippen LogP contribution in [0.2, 0.25) is 0 Å². The molecule has 1 saturated carbocycles. The summed E-state index contributed by atoms with van der Waals surface area (Å²) < 4.78 is 44.8. The maximum atomic E-state index is 13.6. The van der Waals surface area contributed by atoms with Crippen LogP contribution in [0.3, 0.4) is 0 Å². The van der Waals surface area contributed by atoms with Crippen LogP contribution >= 0.6 is 0 Å². The van der Waals surface area contributed by atoms with Crippen molar-refractivity contribution in [3.63, 3.8) is 0 Å². The topological polar surface area (TPSA) is 50.4 Å². The number of carbonyl (C=O) groups excluding carboxylic acids is 1. The third-order valence-electron chi connectivity index (χ3n) is 3.85. The smallest absolute Gasteiger partial charge is 0.407 e. The second-order valence-electron chi connectivity index (χ2n) is 7.15. The van der Waals surface area contributed by atoms with Gasteiger partial charge in [-0.3, -0.25) is 0 Å². The lowest BCUT2D eigenvalue weighted by Gasteiger charge is -2.21. The largest absolute Gasteiger partial charge is 0.444 e. The van der Waals surface area contributed by atoms with Crippen molar-refractivity contribution in [2.45, 2.75) is 51.7 Å². The average molecular weight is 344 g/mol. The van der Waals surface area contributed by atoms with Crippen molar-refractivity contribution >= 4 is 11.8 Å². The number of halogens is 3. The van der Waals surface area contributed by atoms with Crippen LogP contribution in [0.5, 0.6) is 0 Å². The first-order valence-electron chi connectivity index (χ1n) is 8.02. The van der Waals surface area contributed by atoms with Gasteiger partial charge in [0.2, 0.25) is 0 Å². The van der Waals surface area contributed by atoms with Gasteiger partial charge in [-0.15, -0.1) is 0 Å². The van der Waals surface area contributed by atoms with Crippen molar-refractivity contribution in [1.82, 2.24) is 5.32 Å². The predicted octanol–water partition coefficient (Wildman–Crippen LogP) is 4.21. The molecule has 1 aromatic carbocycles. The van der Waals surface area contributed by atoms with Crippen molar-refractivity contribution < 1.29 is 22.7 Å². The number of benzene rings is 1. The lowest BCUT2D eigenvalue weighted by Crippen LogP contribution is -2.38. The van der Waals surface area contributed by atoms with Crippen LogP contribution in [-0.2, 0) is 4.74 Å². The normalized spacial score (nSPS) is 20.8. The third-order valence-corrected chi connectivity index (χ3v) is 3.85. The van der Waals surface area contributed by atoms with Crippen molar-refractivity contribution in [3.8, 4) is 0 Å². The molecule has 24 heavy (non-hydrogen) atoms. The molecule has 134 valence electrons. The molecule has 7 heteroatoms. The Balaban J connectivity index is 1.80. The van der Waals surface area contributed by atoms with Gasteiger partial charge in [0.05, 0.1) is 5.69 Å². The number of ether oxygens (including phenoxy) is 1.